The van der Waals surface area contributed by atoms with Crippen LogP contribution in [0, 0.1) is 0 Å². The number of aromatic hydroxyl groups is 1. The number of benzene rings is 1. The van der Waals surface area contributed by atoms with Gasteiger partial charge in [-0.2, -0.15) is 0 Å². The van der Waals surface area contributed by atoms with E-state index in [9.17, 15) is 10.2 Å². The van der Waals surface area contributed by atoms with Gasteiger partial charge in [0.1, 0.15) is 5.75 Å². The second kappa shape index (κ2) is 3.04. The third-order valence-electron chi connectivity index (χ3n) is 2.69. The molecule has 0 saturated heterocycles. The molecule has 0 fully saturated rings. The third-order valence-corrected chi connectivity index (χ3v) is 2.69. The maximum Gasteiger partial charge on any atom is 0.121 e. The summed E-state index contributed by atoms with van der Waals surface area (Å²) >= 11 is 0. The summed E-state index contributed by atoms with van der Waals surface area (Å²) < 4.78 is 0. The molecule has 1 aromatic carbocycles. The molecule has 1 unspecified atom stereocenters. The first-order chi connectivity index (χ1) is 6.18. The zero-order chi connectivity index (χ0) is 9.42. The van der Waals surface area contributed by atoms with E-state index < -0.39 is 6.10 Å². The van der Waals surface area contributed by atoms with Gasteiger partial charge in [-0.25, -0.2) is 0 Å². The molecule has 1 atom stereocenters. The molecule has 0 aromatic heterocycles. The van der Waals surface area contributed by atoms with E-state index in [-0.39, 0.29) is 5.75 Å². The number of phenols is 1. The van der Waals surface area contributed by atoms with E-state index in [0.29, 0.717) is 5.56 Å². The number of hydrogen-bond acceptors (Lipinski definition) is 2. The van der Waals surface area contributed by atoms with Crippen molar-refractivity contribution in [2.45, 2.75) is 32.3 Å². The van der Waals surface area contributed by atoms with Crippen LogP contribution in [-0.2, 0) is 12.8 Å². The molecule has 13 heavy (non-hydrogen) atoms. The predicted octanol–water partition coefficient (Wildman–Crippen LogP) is 1.93. The van der Waals surface area contributed by atoms with E-state index in [1.54, 1.807) is 13.0 Å². The molecule has 1 aliphatic carbocycles. The summed E-state index contributed by atoms with van der Waals surface area (Å²) in [6.07, 6.45) is 2.72. The molecule has 0 saturated carbocycles. The Bertz CT molecular complexity index is 329. The van der Waals surface area contributed by atoms with Crippen LogP contribution >= 0.6 is 0 Å². The Morgan fingerprint density at radius 1 is 1.23 bits per heavy atom. The molecule has 0 amide bonds. The van der Waals surface area contributed by atoms with Gasteiger partial charge < -0.3 is 10.2 Å². The minimum Gasteiger partial charge on any atom is -0.508 e. The number of aliphatic hydroxyl groups excluding tert-OH is 1. The summed E-state index contributed by atoms with van der Waals surface area (Å²) in [4.78, 5) is 0. The Balaban J connectivity index is 2.49. The zero-order valence-electron chi connectivity index (χ0n) is 7.75. The largest absolute Gasteiger partial charge is 0.508 e. The van der Waals surface area contributed by atoms with Crippen molar-refractivity contribution in [3.63, 3.8) is 0 Å². The van der Waals surface area contributed by atoms with Gasteiger partial charge in [0.2, 0.25) is 0 Å². The highest BCUT2D eigenvalue weighted by atomic mass is 16.3. The first-order valence-electron chi connectivity index (χ1n) is 4.71. The van der Waals surface area contributed by atoms with E-state index in [4.69, 9.17) is 0 Å². The Morgan fingerprint density at radius 3 is 2.46 bits per heavy atom. The molecule has 0 radical (unpaired) electrons. The van der Waals surface area contributed by atoms with E-state index in [2.05, 4.69) is 0 Å². The van der Waals surface area contributed by atoms with Gasteiger partial charge in [-0.1, -0.05) is 0 Å². The summed E-state index contributed by atoms with van der Waals surface area (Å²) in [6, 6.07) is 3.73. The fourth-order valence-corrected chi connectivity index (χ4v) is 1.96. The van der Waals surface area contributed by atoms with Crippen LogP contribution in [0.1, 0.15) is 36.1 Å². The topological polar surface area (TPSA) is 40.5 Å². The molecule has 0 bridgehead atoms. The van der Waals surface area contributed by atoms with E-state index in [0.717, 1.165) is 19.3 Å². The Hall–Kier alpha value is -1.02. The molecule has 0 aliphatic heterocycles. The molecule has 2 rings (SSSR count). The molecule has 2 nitrogen and oxygen atoms in total. The van der Waals surface area contributed by atoms with E-state index in [1.807, 2.05) is 6.07 Å². The van der Waals surface area contributed by atoms with Crippen molar-refractivity contribution in [1.29, 1.82) is 0 Å². The fourth-order valence-electron chi connectivity index (χ4n) is 1.96. The van der Waals surface area contributed by atoms with E-state index >= 15 is 0 Å². The minimum atomic E-state index is -0.578. The number of aryl methyl sites for hydroxylation is 2. The third kappa shape index (κ3) is 1.42. The molecular formula is C11H14O2. The SMILES string of the molecule is CC(O)c1cc2c(cc1O)CCC2. The van der Waals surface area contributed by atoms with Gasteiger partial charge in [0, 0.05) is 5.56 Å². The average molecular weight is 178 g/mol. The molecule has 1 aromatic rings. The highest BCUT2D eigenvalue weighted by molar-refractivity contribution is 5.44. The Labute approximate surface area is 77.8 Å². The van der Waals surface area contributed by atoms with Crippen molar-refractivity contribution in [2.24, 2.45) is 0 Å². The van der Waals surface area contributed by atoms with Crippen molar-refractivity contribution < 1.29 is 10.2 Å². The quantitative estimate of drug-likeness (QED) is 0.690. The van der Waals surface area contributed by atoms with Gasteiger partial charge in [0.15, 0.2) is 0 Å². The van der Waals surface area contributed by atoms with Gasteiger partial charge in [0.25, 0.3) is 0 Å². The van der Waals surface area contributed by atoms with Gasteiger partial charge in [-0.05, 0) is 49.4 Å². The second-order valence-corrected chi connectivity index (χ2v) is 3.71. The van der Waals surface area contributed by atoms with Crippen molar-refractivity contribution in [3.05, 3.63) is 28.8 Å². The normalized spacial score (nSPS) is 17.1. The van der Waals surface area contributed by atoms with Gasteiger partial charge in [-0.3, -0.25) is 0 Å². The van der Waals surface area contributed by atoms with Gasteiger partial charge in [-0.15, -0.1) is 0 Å². The van der Waals surface area contributed by atoms with Crippen LogP contribution in [0.4, 0.5) is 0 Å². The van der Waals surface area contributed by atoms with Crippen LogP contribution in [0.3, 0.4) is 0 Å². The average Bonchev–Trinajstić information content (AvgIpc) is 2.48. The highest BCUT2D eigenvalue weighted by Gasteiger charge is 2.16. The first-order valence-corrected chi connectivity index (χ1v) is 4.71. The standard InChI is InChI=1S/C11H14O2/c1-7(12)10-5-8-3-2-4-9(8)6-11(10)13/h5-7,12-13H,2-4H2,1H3. The lowest BCUT2D eigenvalue weighted by atomic mass is 10.0. The van der Waals surface area contributed by atoms with Crippen LogP contribution < -0.4 is 0 Å². The number of rotatable bonds is 1. The van der Waals surface area contributed by atoms with Crippen LogP contribution in [0.15, 0.2) is 12.1 Å². The van der Waals surface area contributed by atoms with Crippen LogP contribution in [0.2, 0.25) is 0 Å². The lowest BCUT2D eigenvalue weighted by molar-refractivity contribution is 0.195. The fraction of sp³-hybridized carbons (Fsp3) is 0.455. The molecule has 0 spiro atoms. The summed E-state index contributed by atoms with van der Waals surface area (Å²) in [5, 5.41) is 19.0. The van der Waals surface area contributed by atoms with E-state index in [1.165, 1.54) is 11.1 Å². The second-order valence-electron chi connectivity index (χ2n) is 3.71. The summed E-state index contributed by atoms with van der Waals surface area (Å²) in [5.74, 6) is 0.232. The molecule has 0 heterocycles. The number of fused-ring (bicyclic) bond motifs is 1. The number of phenolic OH excluding ortho intramolecular Hbond substituents is 1. The lowest BCUT2D eigenvalue weighted by Crippen LogP contribution is -1.94. The number of aliphatic hydroxyl groups is 1. The lowest BCUT2D eigenvalue weighted by Gasteiger charge is -2.10. The predicted molar refractivity (Wildman–Crippen MR) is 50.8 cm³/mol. The molecular weight excluding hydrogens is 164 g/mol. The van der Waals surface area contributed by atoms with Crippen molar-refractivity contribution in [3.8, 4) is 5.75 Å². The summed E-state index contributed by atoms with van der Waals surface area (Å²) in [6.45, 7) is 1.68. The van der Waals surface area contributed by atoms with Crippen LogP contribution in [-0.4, -0.2) is 10.2 Å². The Kier molecular flexibility index (Phi) is 2.00. The first kappa shape index (κ1) is 8.57. The van der Waals surface area contributed by atoms with Crippen molar-refractivity contribution >= 4 is 0 Å². The maximum absolute atomic E-state index is 9.59. The summed E-state index contributed by atoms with van der Waals surface area (Å²) in [5.41, 5.74) is 3.18. The maximum atomic E-state index is 9.59. The Morgan fingerprint density at radius 2 is 1.85 bits per heavy atom. The van der Waals surface area contributed by atoms with Gasteiger partial charge in [0.05, 0.1) is 6.10 Å². The van der Waals surface area contributed by atoms with Gasteiger partial charge >= 0.3 is 0 Å². The molecule has 2 heteroatoms. The number of hydrogen-bond donors (Lipinski definition) is 2. The van der Waals surface area contributed by atoms with Crippen LogP contribution in [0.25, 0.3) is 0 Å². The zero-order valence-corrected chi connectivity index (χ0v) is 7.75. The highest BCUT2D eigenvalue weighted by Crippen LogP contribution is 2.32. The molecule has 1 aliphatic rings. The minimum absolute atomic E-state index is 0.232. The van der Waals surface area contributed by atoms with Crippen LogP contribution in [0.5, 0.6) is 5.75 Å². The smallest absolute Gasteiger partial charge is 0.121 e. The summed E-state index contributed by atoms with van der Waals surface area (Å²) in [7, 11) is 0. The molecule has 2 N–H and O–H groups in total. The monoisotopic (exact) mass is 178 g/mol. The molecule has 70 valence electrons. The van der Waals surface area contributed by atoms with Crippen molar-refractivity contribution in [1.82, 2.24) is 0 Å². The van der Waals surface area contributed by atoms with Crippen molar-refractivity contribution in [2.75, 3.05) is 0 Å².